The molecule has 0 bridgehead atoms. The number of benzene rings is 1. The summed E-state index contributed by atoms with van der Waals surface area (Å²) < 4.78 is 0. The molecule has 1 aliphatic rings. The molecule has 22 heavy (non-hydrogen) atoms. The van der Waals surface area contributed by atoms with Gasteiger partial charge in [-0.3, -0.25) is 14.6 Å². The van der Waals surface area contributed by atoms with E-state index in [1.54, 1.807) is 0 Å². The highest BCUT2D eigenvalue weighted by molar-refractivity contribution is 6.30. The molecule has 1 atom stereocenters. The predicted octanol–water partition coefficient (Wildman–Crippen LogP) is 2.37. The van der Waals surface area contributed by atoms with Crippen LogP contribution >= 0.6 is 11.6 Å². The van der Waals surface area contributed by atoms with Gasteiger partial charge in [0.25, 0.3) is 0 Å². The van der Waals surface area contributed by atoms with Crippen LogP contribution in [0.5, 0.6) is 0 Å². The maximum Gasteiger partial charge on any atom is 0.234 e. The van der Waals surface area contributed by atoms with Crippen molar-refractivity contribution in [3.63, 3.8) is 0 Å². The fourth-order valence-electron chi connectivity index (χ4n) is 2.62. The minimum absolute atomic E-state index is 0.137. The number of amides is 1. The van der Waals surface area contributed by atoms with Crippen LogP contribution in [0, 0.1) is 0 Å². The van der Waals surface area contributed by atoms with Gasteiger partial charge in [0.15, 0.2) is 0 Å². The molecule has 1 N–H and O–H groups in total. The molecule has 122 valence electrons. The van der Waals surface area contributed by atoms with E-state index in [1.807, 2.05) is 25.1 Å². The smallest absolute Gasteiger partial charge is 0.234 e. The summed E-state index contributed by atoms with van der Waals surface area (Å²) in [6.07, 6.45) is 0.971. The molecule has 0 radical (unpaired) electrons. The third-order valence-corrected chi connectivity index (χ3v) is 4.38. The maximum absolute atomic E-state index is 11.9. The first-order chi connectivity index (χ1) is 10.6. The number of nitrogens with one attached hydrogen (secondary N) is 1. The van der Waals surface area contributed by atoms with Crippen LogP contribution in [0.3, 0.4) is 0 Å². The zero-order valence-electron chi connectivity index (χ0n) is 13.5. The molecule has 1 fully saturated rings. The van der Waals surface area contributed by atoms with E-state index in [1.165, 1.54) is 5.56 Å². The summed E-state index contributed by atoms with van der Waals surface area (Å²) in [7, 11) is 0. The Morgan fingerprint density at radius 2 is 1.95 bits per heavy atom. The molecular formula is C17H26ClN3O. The van der Waals surface area contributed by atoms with Crippen LogP contribution in [0.1, 0.15) is 25.8 Å². The number of hydrogen-bond donors (Lipinski definition) is 1. The lowest BCUT2D eigenvalue weighted by atomic mass is 10.2. The van der Waals surface area contributed by atoms with Crippen molar-refractivity contribution < 1.29 is 4.79 Å². The second kappa shape index (κ2) is 8.51. The summed E-state index contributed by atoms with van der Waals surface area (Å²) in [5.74, 6) is 0.137. The van der Waals surface area contributed by atoms with Gasteiger partial charge in [-0.05, 0) is 31.0 Å². The van der Waals surface area contributed by atoms with Gasteiger partial charge < -0.3 is 5.32 Å². The molecular weight excluding hydrogens is 298 g/mol. The lowest BCUT2D eigenvalue weighted by Gasteiger charge is -2.34. The number of hydrogen-bond acceptors (Lipinski definition) is 3. The zero-order valence-corrected chi connectivity index (χ0v) is 14.3. The van der Waals surface area contributed by atoms with Crippen molar-refractivity contribution >= 4 is 17.5 Å². The van der Waals surface area contributed by atoms with Crippen molar-refractivity contribution in [1.82, 2.24) is 15.1 Å². The Kier molecular flexibility index (Phi) is 6.68. The maximum atomic E-state index is 11.9. The molecule has 0 spiro atoms. The van der Waals surface area contributed by atoms with Gasteiger partial charge in [0, 0.05) is 43.8 Å². The molecule has 0 unspecified atom stereocenters. The van der Waals surface area contributed by atoms with E-state index in [-0.39, 0.29) is 11.9 Å². The minimum atomic E-state index is 0.137. The summed E-state index contributed by atoms with van der Waals surface area (Å²) >= 11 is 6.03. The fourth-order valence-corrected chi connectivity index (χ4v) is 2.84. The molecule has 5 heteroatoms. The lowest BCUT2D eigenvalue weighted by molar-refractivity contribution is -0.123. The van der Waals surface area contributed by atoms with Crippen LogP contribution in [0.15, 0.2) is 24.3 Å². The second-order valence-electron chi connectivity index (χ2n) is 6.06. The molecule has 2 rings (SSSR count). The van der Waals surface area contributed by atoms with Crippen molar-refractivity contribution in [2.24, 2.45) is 0 Å². The zero-order chi connectivity index (χ0) is 15.9. The normalized spacial score (nSPS) is 18.1. The van der Waals surface area contributed by atoms with Crippen LogP contribution in [0.25, 0.3) is 0 Å². The number of nitrogens with zero attached hydrogens (tertiary/aromatic N) is 2. The van der Waals surface area contributed by atoms with Crippen LogP contribution in [-0.4, -0.2) is 54.5 Å². The van der Waals surface area contributed by atoms with Crippen molar-refractivity contribution in [2.45, 2.75) is 32.9 Å². The number of piperazine rings is 1. The Labute approximate surface area is 138 Å². The SMILES string of the molecule is CC[C@H](C)NC(=O)CN1CCN(Cc2cccc(Cl)c2)CC1. The van der Waals surface area contributed by atoms with E-state index in [0.717, 1.165) is 44.2 Å². The van der Waals surface area contributed by atoms with E-state index in [0.29, 0.717) is 6.54 Å². The van der Waals surface area contributed by atoms with Crippen molar-refractivity contribution in [3.05, 3.63) is 34.9 Å². The Morgan fingerprint density at radius 3 is 2.59 bits per heavy atom. The van der Waals surface area contributed by atoms with Gasteiger partial charge in [0.05, 0.1) is 6.54 Å². The highest BCUT2D eigenvalue weighted by Crippen LogP contribution is 2.13. The van der Waals surface area contributed by atoms with Gasteiger partial charge >= 0.3 is 0 Å². The van der Waals surface area contributed by atoms with E-state index < -0.39 is 0 Å². The van der Waals surface area contributed by atoms with Crippen molar-refractivity contribution in [2.75, 3.05) is 32.7 Å². The third kappa shape index (κ3) is 5.59. The quantitative estimate of drug-likeness (QED) is 0.873. The Bertz CT molecular complexity index is 487. The first-order valence-corrected chi connectivity index (χ1v) is 8.43. The van der Waals surface area contributed by atoms with Gasteiger partial charge in [0.1, 0.15) is 0 Å². The average Bonchev–Trinajstić information content (AvgIpc) is 2.49. The molecule has 1 amide bonds. The molecule has 1 heterocycles. The topological polar surface area (TPSA) is 35.6 Å². The molecule has 1 aromatic rings. The summed E-state index contributed by atoms with van der Waals surface area (Å²) in [5.41, 5.74) is 1.25. The Balaban J connectivity index is 1.72. The largest absolute Gasteiger partial charge is 0.353 e. The standard InChI is InChI=1S/C17H26ClN3O/c1-3-14(2)19-17(22)13-21-9-7-20(8-10-21)12-15-5-4-6-16(18)11-15/h4-6,11,14H,3,7-10,12-13H2,1-2H3,(H,19,22)/t14-/m0/s1. The summed E-state index contributed by atoms with van der Waals surface area (Å²) in [4.78, 5) is 16.5. The Hall–Kier alpha value is -1.10. The number of halogens is 1. The third-order valence-electron chi connectivity index (χ3n) is 4.15. The first kappa shape index (κ1) is 17.3. The monoisotopic (exact) mass is 323 g/mol. The summed E-state index contributed by atoms with van der Waals surface area (Å²) in [6, 6.07) is 8.29. The molecule has 1 aromatic carbocycles. The van der Waals surface area contributed by atoms with E-state index in [2.05, 4.69) is 28.1 Å². The molecule has 0 aromatic heterocycles. The fraction of sp³-hybridized carbons (Fsp3) is 0.588. The number of rotatable bonds is 6. The van der Waals surface area contributed by atoms with Gasteiger partial charge in [-0.15, -0.1) is 0 Å². The van der Waals surface area contributed by atoms with Crippen LogP contribution in [-0.2, 0) is 11.3 Å². The van der Waals surface area contributed by atoms with Crippen molar-refractivity contribution in [1.29, 1.82) is 0 Å². The number of carbonyl (C=O) groups excluding carboxylic acids is 1. The molecule has 0 aliphatic carbocycles. The summed E-state index contributed by atoms with van der Waals surface area (Å²) in [5, 5.41) is 3.81. The minimum Gasteiger partial charge on any atom is -0.353 e. The second-order valence-corrected chi connectivity index (χ2v) is 6.50. The van der Waals surface area contributed by atoms with E-state index in [4.69, 9.17) is 11.6 Å². The van der Waals surface area contributed by atoms with Gasteiger partial charge in [0.2, 0.25) is 5.91 Å². The van der Waals surface area contributed by atoms with Gasteiger partial charge in [-0.1, -0.05) is 30.7 Å². The van der Waals surface area contributed by atoms with Gasteiger partial charge in [-0.2, -0.15) is 0 Å². The molecule has 1 saturated heterocycles. The van der Waals surface area contributed by atoms with Crippen molar-refractivity contribution in [3.8, 4) is 0 Å². The molecule has 0 saturated carbocycles. The highest BCUT2D eigenvalue weighted by Gasteiger charge is 2.19. The average molecular weight is 324 g/mol. The summed E-state index contributed by atoms with van der Waals surface area (Å²) in [6.45, 7) is 9.42. The first-order valence-electron chi connectivity index (χ1n) is 8.05. The highest BCUT2D eigenvalue weighted by atomic mass is 35.5. The van der Waals surface area contributed by atoms with E-state index in [9.17, 15) is 4.79 Å². The number of carbonyl (C=O) groups is 1. The molecule has 1 aliphatic heterocycles. The van der Waals surface area contributed by atoms with Gasteiger partial charge in [-0.25, -0.2) is 0 Å². The van der Waals surface area contributed by atoms with Crippen LogP contribution in [0.2, 0.25) is 5.02 Å². The van der Waals surface area contributed by atoms with Crippen LogP contribution in [0.4, 0.5) is 0 Å². The van der Waals surface area contributed by atoms with E-state index >= 15 is 0 Å². The lowest BCUT2D eigenvalue weighted by Crippen LogP contribution is -2.49. The van der Waals surface area contributed by atoms with Crippen LogP contribution < -0.4 is 5.32 Å². The predicted molar refractivity (Wildman–Crippen MR) is 91.1 cm³/mol. The molecule has 4 nitrogen and oxygen atoms in total. The Morgan fingerprint density at radius 1 is 1.27 bits per heavy atom.